The third-order valence-electron chi connectivity index (χ3n) is 3.48. The highest BCUT2D eigenvalue weighted by Gasteiger charge is 2.29. The number of halogens is 2. The quantitative estimate of drug-likeness (QED) is 0.883. The fraction of sp³-hybridized carbons (Fsp3) is 0.571. The van der Waals surface area contributed by atoms with Crippen molar-refractivity contribution < 1.29 is 9.50 Å². The van der Waals surface area contributed by atoms with Crippen LogP contribution in [0, 0.1) is 5.82 Å². The molecule has 0 aliphatic carbocycles. The molecule has 0 bridgehead atoms. The van der Waals surface area contributed by atoms with Crippen molar-refractivity contribution in [2.24, 2.45) is 0 Å². The predicted molar refractivity (Wildman–Crippen MR) is 73.5 cm³/mol. The van der Waals surface area contributed by atoms with Crippen LogP contribution < -0.4 is 5.32 Å². The lowest BCUT2D eigenvalue weighted by atomic mass is 10.0. The summed E-state index contributed by atoms with van der Waals surface area (Å²) in [4.78, 5) is 0. The summed E-state index contributed by atoms with van der Waals surface area (Å²) >= 11 is 0. The van der Waals surface area contributed by atoms with Gasteiger partial charge < -0.3 is 10.4 Å². The molecule has 1 unspecified atom stereocenters. The standard InChI is InChI=1S/C14H20FNO.ClH/c1-2-4-12-7-8-13(16-12)14(17)10-5-3-6-11(15)9-10;/h3,5-6,9,12-14,16-17H,2,4,7-8H2,1H3;1H/t12-,13+,14?;/m1./s1. The molecule has 18 heavy (non-hydrogen) atoms. The molecule has 4 heteroatoms. The van der Waals surface area contributed by atoms with Crippen LogP contribution in [0.4, 0.5) is 4.39 Å². The van der Waals surface area contributed by atoms with Crippen LogP contribution in [0.2, 0.25) is 0 Å². The van der Waals surface area contributed by atoms with Gasteiger partial charge in [-0.15, -0.1) is 12.4 Å². The Hall–Kier alpha value is -0.640. The van der Waals surface area contributed by atoms with Crippen LogP contribution in [0.3, 0.4) is 0 Å². The van der Waals surface area contributed by atoms with Crippen molar-refractivity contribution in [3.05, 3.63) is 35.6 Å². The fourth-order valence-corrected chi connectivity index (χ4v) is 2.60. The van der Waals surface area contributed by atoms with Gasteiger partial charge in [0.25, 0.3) is 0 Å². The van der Waals surface area contributed by atoms with E-state index in [9.17, 15) is 9.50 Å². The molecule has 1 aliphatic heterocycles. The Bertz CT molecular complexity index is 375. The summed E-state index contributed by atoms with van der Waals surface area (Å²) in [6.07, 6.45) is 3.76. The van der Waals surface area contributed by atoms with Crippen LogP contribution in [0.5, 0.6) is 0 Å². The molecular formula is C14H21ClFNO. The van der Waals surface area contributed by atoms with Gasteiger partial charge in [0.2, 0.25) is 0 Å². The Balaban J connectivity index is 0.00000162. The lowest BCUT2D eigenvalue weighted by Crippen LogP contribution is -2.33. The number of hydrogen-bond acceptors (Lipinski definition) is 2. The second-order valence-electron chi connectivity index (χ2n) is 4.84. The van der Waals surface area contributed by atoms with E-state index in [1.54, 1.807) is 12.1 Å². The van der Waals surface area contributed by atoms with E-state index in [0.29, 0.717) is 11.6 Å². The lowest BCUT2D eigenvalue weighted by molar-refractivity contribution is 0.134. The van der Waals surface area contributed by atoms with Gasteiger partial charge in [0.1, 0.15) is 5.82 Å². The molecule has 2 N–H and O–H groups in total. The Labute approximate surface area is 114 Å². The first kappa shape index (κ1) is 15.4. The van der Waals surface area contributed by atoms with E-state index in [1.807, 2.05) is 0 Å². The Morgan fingerprint density at radius 3 is 2.89 bits per heavy atom. The highest BCUT2D eigenvalue weighted by atomic mass is 35.5. The molecule has 0 spiro atoms. The monoisotopic (exact) mass is 273 g/mol. The minimum absolute atomic E-state index is 0. The largest absolute Gasteiger partial charge is 0.387 e. The van der Waals surface area contributed by atoms with Gasteiger partial charge in [-0.25, -0.2) is 4.39 Å². The van der Waals surface area contributed by atoms with E-state index in [1.165, 1.54) is 12.1 Å². The average Bonchev–Trinajstić information content (AvgIpc) is 2.77. The summed E-state index contributed by atoms with van der Waals surface area (Å²) in [5.74, 6) is -0.287. The molecule has 1 aliphatic rings. The van der Waals surface area contributed by atoms with Crippen molar-refractivity contribution in [1.82, 2.24) is 5.32 Å². The van der Waals surface area contributed by atoms with E-state index in [4.69, 9.17) is 0 Å². The zero-order valence-corrected chi connectivity index (χ0v) is 11.4. The summed E-state index contributed by atoms with van der Waals surface area (Å²) in [5.41, 5.74) is 0.666. The molecule has 0 aromatic heterocycles. The van der Waals surface area contributed by atoms with Crippen molar-refractivity contribution in [2.45, 2.75) is 50.8 Å². The highest BCUT2D eigenvalue weighted by molar-refractivity contribution is 5.85. The summed E-state index contributed by atoms with van der Waals surface area (Å²) in [5, 5.41) is 13.6. The maximum absolute atomic E-state index is 13.1. The molecule has 3 atom stereocenters. The maximum atomic E-state index is 13.1. The van der Waals surface area contributed by atoms with E-state index in [-0.39, 0.29) is 24.3 Å². The van der Waals surface area contributed by atoms with Gasteiger partial charge in [-0.3, -0.25) is 0 Å². The van der Waals surface area contributed by atoms with Crippen LogP contribution in [0.1, 0.15) is 44.3 Å². The fourth-order valence-electron chi connectivity index (χ4n) is 2.60. The van der Waals surface area contributed by atoms with Crippen LogP contribution in [0.15, 0.2) is 24.3 Å². The summed E-state index contributed by atoms with van der Waals surface area (Å²) in [6.45, 7) is 2.16. The molecule has 1 saturated heterocycles. The molecule has 0 saturated carbocycles. The summed E-state index contributed by atoms with van der Waals surface area (Å²) in [7, 11) is 0. The average molecular weight is 274 g/mol. The first-order valence-electron chi connectivity index (χ1n) is 6.40. The molecule has 1 heterocycles. The Morgan fingerprint density at radius 1 is 1.44 bits per heavy atom. The minimum Gasteiger partial charge on any atom is -0.387 e. The van der Waals surface area contributed by atoms with Crippen molar-refractivity contribution in [3.8, 4) is 0 Å². The minimum atomic E-state index is -0.604. The third kappa shape index (κ3) is 3.67. The number of hydrogen-bond donors (Lipinski definition) is 2. The van der Waals surface area contributed by atoms with Gasteiger partial charge >= 0.3 is 0 Å². The summed E-state index contributed by atoms with van der Waals surface area (Å²) in [6, 6.07) is 6.81. The number of aliphatic hydroxyl groups excluding tert-OH is 1. The molecule has 2 nitrogen and oxygen atoms in total. The molecule has 0 radical (unpaired) electrons. The number of benzene rings is 1. The first-order chi connectivity index (χ1) is 8.20. The van der Waals surface area contributed by atoms with Crippen LogP contribution in [0.25, 0.3) is 0 Å². The number of nitrogens with one attached hydrogen (secondary N) is 1. The van der Waals surface area contributed by atoms with E-state index < -0.39 is 6.10 Å². The number of aliphatic hydroxyl groups is 1. The van der Waals surface area contributed by atoms with Crippen molar-refractivity contribution >= 4 is 12.4 Å². The topological polar surface area (TPSA) is 32.3 Å². The van der Waals surface area contributed by atoms with Gasteiger partial charge in [-0.2, -0.15) is 0 Å². The van der Waals surface area contributed by atoms with Crippen molar-refractivity contribution in [3.63, 3.8) is 0 Å². The van der Waals surface area contributed by atoms with Crippen molar-refractivity contribution in [1.29, 1.82) is 0 Å². The zero-order chi connectivity index (χ0) is 12.3. The SMILES string of the molecule is CCC[C@@H]1CC[C@@H](C(O)c2cccc(F)c2)N1.Cl. The van der Waals surface area contributed by atoms with Crippen LogP contribution in [-0.2, 0) is 0 Å². The Morgan fingerprint density at radius 2 is 2.22 bits per heavy atom. The molecular weight excluding hydrogens is 253 g/mol. The van der Waals surface area contributed by atoms with Gasteiger partial charge in [0, 0.05) is 12.1 Å². The lowest BCUT2D eigenvalue weighted by Gasteiger charge is -2.20. The molecule has 102 valence electrons. The normalized spacial score (nSPS) is 24.6. The van der Waals surface area contributed by atoms with E-state index in [0.717, 1.165) is 25.7 Å². The predicted octanol–water partition coefficient (Wildman–Crippen LogP) is 3.20. The van der Waals surface area contributed by atoms with Gasteiger partial charge in [-0.1, -0.05) is 25.5 Å². The second kappa shape index (κ2) is 7.07. The summed E-state index contributed by atoms with van der Waals surface area (Å²) < 4.78 is 13.1. The number of rotatable bonds is 4. The maximum Gasteiger partial charge on any atom is 0.123 e. The van der Waals surface area contributed by atoms with Gasteiger partial charge in [-0.05, 0) is 37.0 Å². The van der Waals surface area contributed by atoms with Crippen LogP contribution in [-0.4, -0.2) is 17.2 Å². The Kier molecular flexibility index (Phi) is 6.06. The van der Waals surface area contributed by atoms with E-state index >= 15 is 0 Å². The highest BCUT2D eigenvalue weighted by Crippen LogP contribution is 2.27. The molecule has 2 rings (SSSR count). The second-order valence-corrected chi connectivity index (χ2v) is 4.84. The molecule has 0 amide bonds. The first-order valence-corrected chi connectivity index (χ1v) is 6.40. The molecule has 1 aromatic carbocycles. The van der Waals surface area contributed by atoms with Crippen LogP contribution >= 0.6 is 12.4 Å². The van der Waals surface area contributed by atoms with Gasteiger partial charge in [0.15, 0.2) is 0 Å². The molecule has 1 fully saturated rings. The smallest absolute Gasteiger partial charge is 0.123 e. The third-order valence-corrected chi connectivity index (χ3v) is 3.48. The van der Waals surface area contributed by atoms with E-state index in [2.05, 4.69) is 12.2 Å². The van der Waals surface area contributed by atoms with Gasteiger partial charge in [0.05, 0.1) is 6.10 Å². The van der Waals surface area contributed by atoms with Crippen molar-refractivity contribution in [2.75, 3.05) is 0 Å². The zero-order valence-electron chi connectivity index (χ0n) is 10.6. The molecule has 1 aromatic rings.